The molecule has 0 radical (unpaired) electrons. The van der Waals surface area contributed by atoms with Crippen LogP contribution >= 0.6 is 0 Å². The van der Waals surface area contributed by atoms with Crippen molar-refractivity contribution in [2.24, 2.45) is 0 Å². The Morgan fingerprint density at radius 3 is 1.13 bits per heavy atom. The van der Waals surface area contributed by atoms with Crippen LogP contribution in [0.5, 0.6) is 0 Å². The van der Waals surface area contributed by atoms with Crippen LogP contribution in [-0.2, 0) is 0 Å². The minimum atomic E-state index is 1.15. The minimum absolute atomic E-state index is 1.15. The van der Waals surface area contributed by atoms with E-state index in [-0.39, 0.29) is 0 Å². The second-order valence-electron chi connectivity index (χ2n) is 3.33. The molecule has 0 nitrogen and oxygen atoms in total. The first-order valence-corrected chi connectivity index (χ1v) is 5.48. The highest BCUT2D eigenvalue weighted by molar-refractivity contribution is 5.19. The molecule has 78 valence electrons. The highest BCUT2D eigenvalue weighted by Crippen LogP contribution is 1.98. The molecule has 0 unspecified atom stereocenters. The van der Waals surface area contributed by atoms with Crippen molar-refractivity contribution >= 4 is 0 Å². The van der Waals surface area contributed by atoms with Gasteiger partial charge in [0.05, 0.1) is 0 Å². The van der Waals surface area contributed by atoms with E-state index < -0.39 is 0 Å². The third-order valence-corrected chi connectivity index (χ3v) is 2.01. The van der Waals surface area contributed by atoms with Gasteiger partial charge in [-0.2, -0.15) is 0 Å². The van der Waals surface area contributed by atoms with Crippen molar-refractivity contribution in [1.29, 1.82) is 0 Å². The van der Waals surface area contributed by atoms with Gasteiger partial charge in [-0.25, -0.2) is 0 Å². The maximum Gasteiger partial charge on any atom is -0.0345 e. The van der Waals surface area contributed by atoms with Gasteiger partial charge in [0, 0.05) is 0 Å². The van der Waals surface area contributed by atoms with E-state index in [0.29, 0.717) is 0 Å². The molecular formula is C15H18. The average molecular weight is 198 g/mol. The number of hydrogen-bond acceptors (Lipinski definition) is 0. The summed E-state index contributed by atoms with van der Waals surface area (Å²) < 4.78 is 0. The van der Waals surface area contributed by atoms with Crippen LogP contribution in [0.4, 0.5) is 0 Å². The summed E-state index contributed by atoms with van der Waals surface area (Å²) in [6.45, 7) is 0. The van der Waals surface area contributed by atoms with Gasteiger partial charge in [-0.3, -0.25) is 0 Å². The van der Waals surface area contributed by atoms with E-state index in [4.69, 9.17) is 0 Å². The molecule has 0 spiro atoms. The quantitative estimate of drug-likeness (QED) is 0.537. The molecular weight excluding hydrogens is 180 g/mol. The van der Waals surface area contributed by atoms with E-state index in [1.807, 2.05) is 36.5 Å². The van der Waals surface area contributed by atoms with Crippen LogP contribution in [0.3, 0.4) is 0 Å². The van der Waals surface area contributed by atoms with E-state index >= 15 is 0 Å². The Balaban J connectivity index is 2.51. The lowest BCUT2D eigenvalue weighted by Gasteiger charge is -1.88. The molecule has 0 N–H and O–H groups in total. The Bertz CT molecular complexity index is 277. The van der Waals surface area contributed by atoms with Crippen molar-refractivity contribution in [3.8, 4) is 0 Å². The van der Waals surface area contributed by atoms with Crippen LogP contribution in [0, 0.1) is 0 Å². The van der Waals surface area contributed by atoms with Gasteiger partial charge in [0.25, 0.3) is 0 Å². The zero-order chi connectivity index (χ0) is 10.6. The van der Waals surface area contributed by atoms with Gasteiger partial charge < -0.3 is 0 Å². The van der Waals surface area contributed by atoms with Gasteiger partial charge in [-0.05, 0) is 19.3 Å². The zero-order valence-electron chi connectivity index (χ0n) is 9.05. The molecule has 0 saturated carbocycles. The maximum absolute atomic E-state index is 2.21. The fraction of sp³-hybridized carbons (Fsp3) is 0.200. The van der Waals surface area contributed by atoms with Crippen LogP contribution in [-0.4, -0.2) is 0 Å². The van der Waals surface area contributed by atoms with Gasteiger partial charge in [0.2, 0.25) is 0 Å². The first kappa shape index (κ1) is 11.5. The standard InChI is InChI=1S/C15H18/c1-2-4-6-8-10-12-14-15-13-11-9-7-5-3-1/h1-12H,13-15H2/b3-1+,4-2+,7-5-,8-6-,11-9+,12-10?. The molecule has 1 aliphatic carbocycles. The van der Waals surface area contributed by atoms with E-state index in [1.165, 1.54) is 6.42 Å². The lowest BCUT2D eigenvalue weighted by molar-refractivity contribution is 0.868. The summed E-state index contributed by atoms with van der Waals surface area (Å²) in [7, 11) is 0. The van der Waals surface area contributed by atoms with Crippen molar-refractivity contribution in [3.63, 3.8) is 0 Å². The van der Waals surface area contributed by atoms with Crippen LogP contribution in [0.25, 0.3) is 0 Å². The summed E-state index contributed by atoms with van der Waals surface area (Å²) >= 11 is 0. The summed E-state index contributed by atoms with van der Waals surface area (Å²) in [5, 5.41) is 0. The Morgan fingerprint density at radius 2 is 0.733 bits per heavy atom. The molecule has 0 bridgehead atoms. The van der Waals surface area contributed by atoms with Crippen LogP contribution in [0.2, 0.25) is 0 Å². The minimum Gasteiger partial charge on any atom is -0.0845 e. The van der Waals surface area contributed by atoms with Crippen molar-refractivity contribution < 1.29 is 0 Å². The summed E-state index contributed by atoms with van der Waals surface area (Å²) in [6, 6.07) is 0. The topological polar surface area (TPSA) is 0 Å². The van der Waals surface area contributed by atoms with E-state index in [0.717, 1.165) is 12.8 Å². The predicted molar refractivity (Wildman–Crippen MR) is 68.7 cm³/mol. The first-order chi connectivity index (χ1) is 7.50. The van der Waals surface area contributed by atoms with Crippen LogP contribution < -0.4 is 0 Å². The largest absolute Gasteiger partial charge is 0.0845 e. The average Bonchev–Trinajstić information content (AvgIpc) is 2.27. The molecule has 0 fully saturated rings. The lowest BCUT2D eigenvalue weighted by Crippen LogP contribution is -1.67. The number of rotatable bonds is 0. The van der Waals surface area contributed by atoms with Crippen molar-refractivity contribution in [2.45, 2.75) is 19.3 Å². The molecule has 0 saturated heterocycles. The maximum atomic E-state index is 2.21. The summed E-state index contributed by atoms with van der Waals surface area (Å²) in [4.78, 5) is 0. The Labute approximate surface area is 92.7 Å². The van der Waals surface area contributed by atoms with E-state index in [2.05, 4.69) is 36.5 Å². The molecule has 0 amide bonds. The van der Waals surface area contributed by atoms with E-state index in [9.17, 15) is 0 Å². The molecule has 0 aliphatic heterocycles. The molecule has 0 aromatic rings. The fourth-order valence-electron chi connectivity index (χ4n) is 1.22. The van der Waals surface area contributed by atoms with E-state index in [1.54, 1.807) is 0 Å². The highest BCUT2D eigenvalue weighted by atomic mass is 13.8. The predicted octanol–water partition coefficient (Wildman–Crippen LogP) is 4.51. The Kier molecular flexibility index (Phi) is 6.92. The Morgan fingerprint density at radius 1 is 0.400 bits per heavy atom. The molecule has 1 rings (SSSR count). The normalized spacial score (nSPS) is 28.3. The summed E-state index contributed by atoms with van der Waals surface area (Å²) in [5.74, 6) is 0. The van der Waals surface area contributed by atoms with Gasteiger partial charge in [-0.1, -0.05) is 72.9 Å². The molecule has 0 heterocycles. The molecule has 0 heteroatoms. The monoisotopic (exact) mass is 198 g/mol. The second kappa shape index (κ2) is 9.01. The molecule has 0 aromatic carbocycles. The summed E-state index contributed by atoms with van der Waals surface area (Å²) in [6.07, 6.45) is 28.5. The van der Waals surface area contributed by atoms with Crippen molar-refractivity contribution in [3.05, 3.63) is 72.9 Å². The molecule has 1 aliphatic rings. The van der Waals surface area contributed by atoms with Crippen LogP contribution in [0.1, 0.15) is 19.3 Å². The first-order valence-electron chi connectivity index (χ1n) is 5.48. The third kappa shape index (κ3) is 7.51. The smallest absolute Gasteiger partial charge is 0.0345 e. The van der Waals surface area contributed by atoms with Crippen molar-refractivity contribution in [2.75, 3.05) is 0 Å². The van der Waals surface area contributed by atoms with Gasteiger partial charge in [-0.15, -0.1) is 0 Å². The molecule has 15 heavy (non-hydrogen) atoms. The van der Waals surface area contributed by atoms with Gasteiger partial charge >= 0.3 is 0 Å². The summed E-state index contributed by atoms with van der Waals surface area (Å²) in [5.41, 5.74) is 0. The number of allylic oxidation sites excluding steroid dienone is 12. The third-order valence-electron chi connectivity index (χ3n) is 2.01. The van der Waals surface area contributed by atoms with Crippen LogP contribution in [0.15, 0.2) is 72.9 Å². The SMILES string of the molecule is C1=CCCC/C=C/C=C\C=C\C=C\C=C/1. The number of hydrogen-bond donors (Lipinski definition) is 0. The van der Waals surface area contributed by atoms with Crippen molar-refractivity contribution in [1.82, 2.24) is 0 Å². The highest BCUT2D eigenvalue weighted by Gasteiger charge is 1.78. The van der Waals surface area contributed by atoms with Gasteiger partial charge in [0.15, 0.2) is 0 Å². The zero-order valence-corrected chi connectivity index (χ0v) is 9.05. The second-order valence-corrected chi connectivity index (χ2v) is 3.33. The fourth-order valence-corrected chi connectivity index (χ4v) is 1.22. The lowest BCUT2D eigenvalue weighted by atomic mass is 10.2. The molecule has 0 atom stereocenters. The molecule has 0 aromatic heterocycles. The van der Waals surface area contributed by atoms with Gasteiger partial charge in [0.1, 0.15) is 0 Å². The Hall–Kier alpha value is -1.56.